The van der Waals surface area contributed by atoms with Gasteiger partial charge in [-0.2, -0.15) is 0 Å². The van der Waals surface area contributed by atoms with Crippen LogP contribution < -0.4 is 4.74 Å². The van der Waals surface area contributed by atoms with Gasteiger partial charge < -0.3 is 4.74 Å². The number of pyridine rings is 1. The van der Waals surface area contributed by atoms with Crippen LogP contribution in [0.25, 0.3) is 22.4 Å². The summed E-state index contributed by atoms with van der Waals surface area (Å²) in [5.41, 5.74) is 5.97. The lowest BCUT2D eigenvalue weighted by Gasteiger charge is -2.08. The Bertz CT molecular complexity index is 897. The van der Waals surface area contributed by atoms with Crippen molar-refractivity contribution in [3.05, 3.63) is 72.4 Å². The van der Waals surface area contributed by atoms with E-state index >= 15 is 0 Å². The minimum atomic E-state index is 0.808. The van der Waals surface area contributed by atoms with Crippen molar-refractivity contribution in [2.45, 2.75) is 84.5 Å². The third-order valence-corrected chi connectivity index (χ3v) is 6.28. The summed E-state index contributed by atoms with van der Waals surface area (Å²) in [6, 6.07) is 21.6. The molecule has 0 N–H and O–H groups in total. The first-order chi connectivity index (χ1) is 16.3. The van der Waals surface area contributed by atoms with Gasteiger partial charge in [-0.3, -0.25) is 4.98 Å². The second-order valence-electron chi connectivity index (χ2n) is 9.08. The van der Waals surface area contributed by atoms with E-state index in [1.165, 1.54) is 74.5 Å². The molecule has 3 rings (SSSR count). The normalized spacial score (nSPS) is 11.0. The molecule has 0 aliphatic rings. The van der Waals surface area contributed by atoms with E-state index in [2.05, 4.69) is 74.5 Å². The number of hydrogen-bond acceptors (Lipinski definition) is 2. The number of ether oxygens (including phenoxy) is 1. The molecule has 0 amide bonds. The standard InChI is InChI=1S/C31H41NO/c1-3-5-7-9-11-13-26-14-23-31(32-25-26)29-17-15-27(16-18-29)28-19-21-30(22-20-28)33-24-12-10-8-6-4-2/h14-23,25H,3-13,24H2,1-2H3. The number of rotatable bonds is 15. The fourth-order valence-electron chi connectivity index (χ4n) is 4.15. The van der Waals surface area contributed by atoms with Crippen LogP contribution in [0.1, 0.15) is 83.6 Å². The molecule has 2 heteroatoms. The Hall–Kier alpha value is -2.61. The molecule has 2 aromatic carbocycles. The number of aromatic nitrogens is 1. The van der Waals surface area contributed by atoms with Gasteiger partial charge in [0.1, 0.15) is 5.75 Å². The zero-order valence-corrected chi connectivity index (χ0v) is 20.7. The molecule has 0 spiro atoms. The lowest BCUT2D eigenvalue weighted by atomic mass is 10.0. The molecule has 0 bridgehead atoms. The van der Waals surface area contributed by atoms with Crippen LogP contribution in [-0.2, 0) is 6.42 Å². The van der Waals surface area contributed by atoms with Crippen molar-refractivity contribution in [2.75, 3.05) is 6.61 Å². The van der Waals surface area contributed by atoms with Gasteiger partial charge in [0.05, 0.1) is 12.3 Å². The molecule has 0 aliphatic heterocycles. The summed E-state index contributed by atoms with van der Waals surface area (Å²) >= 11 is 0. The number of nitrogens with zero attached hydrogens (tertiary/aromatic N) is 1. The summed E-state index contributed by atoms with van der Waals surface area (Å²) in [7, 11) is 0. The minimum Gasteiger partial charge on any atom is -0.494 e. The average Bonchev–Trinajstić information content (AvgIpc) is 2.87. The smallest absolute Gasteiger partial charge is 0.119 e. The molecule has 0 aliphatic carbocycles. The molecule has 2 nitrogen and oxygen atoms in total. The summed E-state index contributed by atoms with van der Waals surface area (Å²) < 4.78 is 5.90. The molecule has 1 heterocycles. The Morgan fingerprint density at radius 3 is 1.76 bits per heavy atom. The van der Waals surface area contributed by atoms with Gasteiger partial charge in [-0.05, 0) is 54.2 Å². The van der Waals surface area contributed by atoms with E-state index in [1.807, 2.05) is 6.20 Å². The summed E-state index contributed by atoms with van der Waals surface area (Å²) in [6.07, 6.45) is 16.1. The topological polar surface area (TPSA) is 22.1 Å². The maximum Gasteiger partial charge on any atom is 0.119 e. The van der Waals surface area contributed by atoms with Crippen molar-refractivity contribution in [3.63, 3.8) is 0 Å². The van der Waals surface area contributed by atoms with Crippen LogP contribution >= 0.6 is 0 Å². The second kappa shape index (κ2) is 14.5. The van der Waals surface area contributed by atoms with Crippen LogP contribution in [0.3, 0.4) is 0 Å². The summed E-state index contributed by atoms with van der Waals surface area (Å²) in [5, 5.41) is 0. The first kappa shape index (κ1) is 25.0. The molecule has 33 heavy (non-hydrogen) atoms. The summed E-state index contributed by atoms with van der Waals surface area (Å²) in [5.74, 6) is 0.959. The zero-order chi connectivity index (χ0) is 23.1. The highest BCUT2D eigenvalue weighted by Crippen LogP contribution is 2.26. The quantitative estimate of drug-likeness (QED) is 0.218. The predicted molar refractivity (Wildman–Crippen MR) is 142 cm³/mol. The lowest BCUT2D eigenvalue weighted by molar-refractivity contribution is 0.304. The monoisotopic (exact) mass is 443 g/mol. The summed E-state index contributed by atoms with van der Waals surface area (Å²) in [6.45, 7) is 5.32. The van der Waals surface area contributed by atoms with Crippen LogP contribution in [0, 0.1) is 0 Å². The molecule has 0 unspecified atom stereocenters. The van der Waals surface area contributed by atoms with Crippen LogP contribution in [0.15, 0.2) is 66.9 Å². The van der Waals surface area contributed by atoms with Gasteiger partial charge in [-0.25, -0.2) is 0 Å². The van der Waals surface area contributed by atoms with Crippen LogP contribution in [0.5, 0.6) is 5.75 Å². The number of hydrogen-bond donors (Lipinski definition) is 0. The highest BCUT2D eigenvalue weighted by Gasteiger charge is 2.03. The maximum absolute atomic E-state index is 5.90. The number of unbranched alkanes of at least 4 members (excludes halogenated alkanes) is 8. The molecule has 0 saturated heterocycles. The zero-order valence-electron chi connectivity index (χ0n) is 20.7. The van der Waals surface area contributed by atoms with E-state index in [9.17, 15) is 0 Å². The van der Waals surface area contributed by atoms with Crippen molar-refractivity contribution in [2.24, 2.45) is 0 Å². The first-order valence-corrected chi connectivity index (χ1v) is 13.1. The lowest BCUT2D eigenvalue weighted by Crippen LogP contribution is -1.97. The molecule has 1 aromatic heterocycles. The van der Waals surface area contributed by atoms with E-state index in [4.69, 9.17) is 9.72 Å². The van der Waals surface area contributed by atoms with Gasteiger partial charge in [0.15, 0.2) is 0 Å². The largest absolute Gasteiger partial charge is 0.494 e. The minimum absolute atomic E-state index is 0.808. The molecule has 0 saturated carbocycles. The third-order valence-electron chi connectivity index (χ3n) is 6.28. The molecular formula is C31H41NO. The van der Waals surface area contributed by atoms with E-state index in [0.717, 1.165) is 36.5 Å². The van der Waals surface area contributed by atoms with Gasteiger partial charge in [0.2, 0.25) is 0 Å². The van der Waals surface area contributed by atoms with Crippen LogP contribution in [0.2, 0.25) is 0 Å². The van der Waals surface area contributed by atoms with Crippen LogP contribution in [-0.4, -0.2) is 11.6 Å². The molecule has 0 atom stereocenters. The van der Waals surface area contributed by atoms with E-state index in [-0.39, 0.29) is 0 Å². The molecule has 0 radical (unpaired) electrons. The number of aryl methyl sites for hydroxylation is 1. The van der Waals surface area contributed by atoms with Crippen molar-refractivity contribution < 1.29 is 4.74 Å². The van der Waals surface area contributed by atoms with Crippen molar-refractivity contribution in [1.29, 1.82) is 0 Å². The Morgan fingerprint density at radius 2 is 1.15 bits per heavy atom. The highest BCUT2D eigenvalue weighted by atomic mass is 16.5. The Balaban J connectivity index is 1.48. The summed E-state index contributed by atoms with van der Waals surface area (Å²) in [4.78, 5) is 4.71. The fraction of sp³-hybridized carbons (Fsp3) is 0.452. The predicted octanol–water partition coefficient (Wildman–Crippen LogP) is 9.28. The SMILES string of the molecule is CCCCCCCOc1ccc(-c2ccc(-c3ccc(CCCCCCC)cn3)cc2)cc1. The van der Waals surface area contributed by atoms with Gasteiger partial charge >= 0.3 is 0 Å². The average molecular weight is 444 g/mol. The van der Waals surface area contributed by atoms with Gasteiger partial charge in [-0.15, -0.1) is 0 Å². The van der Waals surface area contributed by atoms with E-state index in [0.29, 0.717) is 0 Å². The van der Waals surface area contributed by atoms with Crippen molar-refractivity contribution >= 4 is 0 Å². The molecule has 3 aromatic rings. The van der Waals surface area contributed by atoms with Crippen molar-refractivity contribution in [1.82, 2.24) is 4.98 Å². The molecular weight excluding hydrogens is 402 g/mol. The van der Waals surface area contributed by atoms with Crippen molar-refractivity contribution in [3.8, 4) is 28.1 Å². The maximum atomic E-state index is 5.90. The van der Waals surface area contributed by atoms with E-state index < -0.39 is 0 Å². The van der Waals surface area contributed by atoms with Gasteiger partial charge in [0.25, 0.3) is 0 Å². The van der Waals surface area contributed by atoms with E-state index in [1.54, 1.807) is 0 Å². The van der Waals surface area contributed by atoms with Gasteiger partial charge in [-0.1, -0.05) is 108 Å². The fourth-order valence-corrected chi connectivity index (χ4v) is 4.15. The molecule has 0 fully saturated rings. The molecule has 176 valence electrons. The highest BCUT2D eigenvalue weighted by molar-refractivity contribution is 5.69. The third kappa shape index (κ3) is 8.68. The Labute approximate surface area is 201 Å². The Morgan fingerprint density at radius 1 is 0.576 bits per heavy atom. The Kier molecular flexibility index (Phi) is 11.0. The van der Waals surface area contributed by atoms with Gasteiger partial charge in [0, 0.05) is 11.8 Å². The first-order valence-electron chi connectivity index (χ1n) is 13.1. The van der Waals surface area contributed by atoms with Crippen LogP contribution in [0.4, 0.5) is 0 Å². The second-order valence-corrected chi connectivity index (χ2v) is 9.08. The number of benzene rings is 2.